The van der Waals surface area contributed by atoms with Gasteiger partial charge in [0.15, 0.2) is 5.76 Å². The Morgan fingerprint density at radius 1 is 0.879 bits per heavy atom. The summed E-state index contributed by atoms with van der Waals surface area (Å²) in [4.78, 5) is 13.8. The van der Waals surface area contributed by atoms with E-state index in [-0.39, 0.29) is 5.56 Å². The molecular formula is C27H26N2O4. The van der Waals surface area contributed by atoms with Gasteiger partial charge >= 0.3 is 5.97 Å². The Bertz CT molecular complexity index is 1210. The number of ether oxygens (including phenoxy) is 1. The van der Waals surface area contributed by atoms with Crippen LogP contribution in [-0.2, 0) is 11.3 Å². The second-order valence-corrected chi connectivity index (χ2v) is 8.12. The molecule has 1 aliphatic rings. The van der Waals surface area contributed by atoms with E-state index >= 15 is 0 Å². The van der Waals surface area contributed by atoms with Gasteiger partial charge in [-0.3, -0.25) is 4.90 Å². The predicted molar refractivity (Wildman–Crippen MR) is 127 cm³/mol. The van der Waals surface area contributed by atoms with Crippen molar-refractivity contribution in [3.63, 3.8) is 0 Å². The Morgan fingerprint density at radius 3 is 2.30 bits per heavy atom. The van der Waals surface area contributed by atoms with Gasteiger partial charge in [-0.2, -0.15) is 0 Å². The van der Waals surface area contributed by atoms with Gasteiger partial charge in [0, 0.05) is 37.4 Å². The molecule has 1 aliphatic heterocycles. The van der Waals surface area contributed by atoms with Crippen molar-refractivity contribution in [1.29, 1.82) is 0 Å². The van der Waals surface area contributed by atoms with Gasteiger partial charge < -0.3 is 18.8 Å². The Balaban J connectivity index is 1.63. The number of hydrogen-bond donors (Lipinski definition) is 1. The maximum atomic E-state index is 11.3. The molecule has 168 valence electrons. The zero-order valence-electron chi connectivity index (χ0n) is 18.3. The van der Waals surface area contributed by atoms with Crippen LogP contribution < -0.4 is 0 Å². The Morgan fingerprint density at radius 2 is 1.64 bits per heavy atom. The molecule has 2 aromatic carbocycles. The van der Waals surface area contributed by atoms with Crippen molar-refractivity contribution < 1.29 is 19.1 Å². The van der Waals surface area contributed by atoms with Crippen LogP contribution >= 0.6 is 0 Å². The SMILES string of the molecule is O=C(O)c1ccc(-c2cc(-c3ccccc3)n(CCN3CCOCC3)c2-c2ccco2)cc1. The second kappa shape index (κ2) is 9.48. The third kappa shape index (κ3) is 4.49. The molecule has 33 heavy (non-hydrogen) atoms. The van der Waals surface area contributed by atoms with E-state index in [1.54, 1.807) is 18.4 Å². The van der Waals surface area contributed by atoms with Gasteiger partial charge in [-0.1, -0.05) is 42.5 Å². The monoisotopic (exact) mass is 442 g/mol. The summed E-state index contributed by atoms with van der Waals surface area (Å²) in [6.45, 7) is 5.10. The number of carboxylic acids is 1. The van der Waals surface area contributed by atoms with E-state index in [4.69, 9.17) is 9.15 Å². The molecule has 6 heteroatoms. The maximum Gasteiger partial charge on any atom is 0.335 e. The van der Waals surface area contributed by atoms with E-state index in [0.29, 0.717) is 0 Å². The van der Waals surface area contributed by atoms with Gasteiger partial charge in [0.2, 0.25) is 0 Å². The van der Waals surface area contributed by atoms with Crippen LogP contribution in [0.4, 0.5) is 0 Å². The van der Waals surface area contributed by atoms with E-state index in [0.717, 1.165) is 73.2 Å². The van der Waals surface area contributed by atoms with Crippen molar-refractivity contribution >= 4 is 5.97 Å². The molecule has 0 bridgehead atoms. The maximum absolute atomic E-state index is 11.3. The molecular weight excluding hydrogens is 416 g/mol. The van der Waals surface area contributed by atoms with Crippen LogP contribution in [0.2, 0.25) is 0 Å². The van der Waals surface area contributed by atoms with E-state index in [1.165, 1.54) is 0 Å². The van der Waals surface area contributed by atoms with Gasteiger partial charge in [-0.05, 0) is 41.5 Å². The summed E-state index contributed by atoms with van der Waals surface area (Å²) in [5.74, 6) is -0.141. The summed E-state index contributed by atoms with van der Waals surface area (Å²) in [7, 11) is 0. The van der Waals surface area contributed by atoms with E-state index < -0.39 is 5.97 Å². The molecule has 0 saturated carbocycles. The standard InChI is InChI=1S/C27H26N2O4/c30-27(31)22-10-8-20(9-11-22)23-19-24(21-5-2-1-3-6-21)29(26(23)25-7-4-16-33-25)13-12-28-14-17-32-18-15-28/h1-11,16,19H,12-15,17-18H2,(H,30,31). The molecule has 0 radical (unpaired) electrons. The van der Waals surface area contributed by atoms with Gasteiger partial charge in [0.25, 0.3) is 0 Å². The number of carboxylic acid groups (broad SMARTS) is 1. The Kier molecular flexibility index (Phi) is 6.11. The largest absolute Gasteiger partial charge is 0.478 e. The van der Waals surface area contributed by atoms with Crippen LogP contribution in [0.5, 0.6) is 0 Å². The summed E-state index contributed by atoms with van der Waals surface area (Å²) in [6.07, 6.45) is 1.69. The second-order valence-electron chi connectivity index (χ2n) is 8.12. The minimum Gasteiger partial charge on any atom is -0.478 e. The fourth-order valence-electron chi connectivity index (χ4n) is 4.39. The fraction of sp³-hybridized carbons (Fsp3) is 0.222. The highest BCUT2D eigenvalue weighted by Crippen LogP contribution is 2.39. The van der Waals surface area contributed by atoms with E-state index in [1.807, 2.05) is 42.5 Å². The fourth-order valence-corrected chi connectivity index (χ4v) is 4.39. The number of hydrogen-bond acceptors (Lipinski definition) is 4. The lowest BCUT2D eigenvalue weighted by Gasteiger charge is -2.27. The lowest BCUT2D eigenvalue weighted by atomic mass is 10.0. The van der Waals surface area contributed by atoms with Gasteiger partial charge in [0.05, 0.1) is 30.7 Å². The van der Waals surface area contributed by atoms with Gasteiger partial charge in [-0.15, -0.1) is 0 Å². The first-order valence-corrected chi connectivity index (χ1v) is 11.2. The zero-order chi connectivity index (χ0) is 22.6. The highest BCUT2D eigenvalue weighted by molar-refractivity contribution is 5.90. The molecule has 1 fully saturated rings. The number of furan rings is 1. The number of aromatic carboxylic acids is 1. The van der Waals surface area contributed by atoms with E-state index in [2.05, 4.69) is 27.7 Å². The highest BCUT2D eigenvalue weighted by Gasteiger charge is 2.22. The Hall–Kier alpha value is -3.61. The molecule has 2 aromatic heterocycles. The highest BCUT2D eigenvalue weighted by atomic mass is 16.5. The summed E-state index contributed by atoms with van der Waals surface area (Å²) < 4.78 is 13.7. The third-order valence-corrected chi connectivity index (χ3v) is 6.11. The molecule has 6 nitrogen and oxygen atoms in total. The molecule has 0 atom stereocenters. The summed E-state index contributed by atoms with van der Waals surface area (Å²) >= 11 is 0. The van der Waals surface area contributed by atoms with Crippen LogP contribution in [0, 0.1) is 0 Å². The summed E-state index contributed by atoms with van der Waals surface area (Å²) in [5, 5.41) is 9.31. The lowest BCUT2D eigenvalue weighted by molar-refractivity contribution is 0.0365. The first kappa shape index (κ1) is 21.2. The zero-order valence-corrected chi connectivity index (χ0v) is 18.3. The smallest absolute Gasteiger partial charge is 0.335 e. The lowest BCUT2D eigenvalue weighted by Crippen LogP contribution is -2.38. The van der Waals surface area contributed by atoms with Gasteiger partial charge in [-0.25, -0.2) is 4.79 Å². The van der Waals surface area contributed by atoms with Crippen molar-refractivity contribution in [3.8, 4) is 33.8 Å². The van der Waals surface area contributed by atoms with Crippen LogP contribution in [0.1, 0.15) is 10.4 Å². The number of nitrogens with zero attached hydrogens (tertiary/aromatic N) is 2. The number of morpholine rings is 1. The average Bonchev–Trinajstić information content (AvgIpc) is 3.52. The molecule has 0 unspecified atom stereocenters. The summed E-state index contributed by atoms with van der Waals surface area (Å²) in [5.41, 5.74) is 5.47. The quantitative estimate of drug-likeness (QED) is 0.431. The van der Waals surface area contributed by atoms with Crippen LogP contribution in [0.3, 0.4) is 0 Å². The van der Waals surface area contributed by atoms with Crippen LogP contribution in [-0.4, -0.2) is 53.4 Å². The molecule has 0 aliphatic carbocycles. The van der Waals surface area contributed by atoms with Crippen molar-refractivity contribution in [3.05, 3.63) is 84.6 Å². The first-order chi connectivity index (χ1) is 16.2. The predicted octanol–water partition coefficient (Wildman–Crippen LogP) is 5.11. The van der Waals surface area contributed by atoms with Crippen LogP contribution in [0.15, 0.2) is 83.5 Å². The molecule has 5 rings (SSSR count). The molecule has 1 saturated heterocycles. The van der Waals surface area contributed by atoms with Crippen molar-refractivity contribution in [2.24, 2.45) is 0 Å². The van der Waals surface area contributed by atoms with Crippen molar-refractivity contribution in [1.82, 2.24) is 9.47 Å². The van der Waals surface area contributed by atoms with Crippen molar-refractivity contribution in [2.75, 3.05) is 32.8 Å². The average molecular weight is 443 g/mol. The molecule has 0 spiro atoms. The minimum atomic E-state index is -0.930. The normalized spacial score (nSPS) is 14.4. The molecule has 1 N–H and O–H groups in total. The summed E-state index contributed by atoms with van der Waals surface area (Å²) in [6, 6.07) is 23.4. The van der Waals surface area contributed by atoms with Crippen molar-refractivity contribution in [2.45, 2.75) is 6.54 Å². The number of aromatic nitrogens is 1. The Labute approximate surface area is 192 Å². The third-order valence-electron chi connectivity index (χ3n) is 6.11. The number of carbonyl (C=O) groups is 1. The minimum absolute atomic E-state index is 0.272. The molecule has 0 amide bonds. The topological polar surface area (TPSA) is 67.8 Å². The molecule has 3 heterocycles. The number of rotatable bonds is 7. The number of benzene rings is 2. The van der Waals surface area contributed by atoms with E-state index in [9.17, 15) is 9.90 Å². The first-order valence-electron chi connectivity index (χ1n) is 11.2. The van der Waals surface area contributed by atoms with Crippen LogP contribution in [0.25, 0.3) is 33.8 Å². The molecule has 4 aromatic rings. The van der Waals surface area contributed by atoms with Gasteiger partial charge in [0.1, 0.15) is 0 Å².